The number of carbonyl (C=O) groups is 1. The van der Waals surface area contributed by atoms with Crippen molar-refractivity contribution in [2.24, 2.45) is 5.92 Å². The maximum Gasteiger partial charge on any atom is 0.209 e. The minimum Gasteiger partial charge on any atom is -0.318 e. The van der Waals surface area contributed by atoms with E-state index in [1.807, 2.05) is 6.92 Å². The number of aromatic nitrogens is 3. The number of hydrogen-bond acceptors (Lipinski definition) is 7. The van der Waals surface area contributed by atoms with Crippen LogP contribution in [0.2, 0.25) is 0 Å². The number of halogens is 1. The Balaban J connectivity index is 1.32. The van der Waals surface area contributed by atoms with Gasteiger partial charge in [-0.3, -0.25) is 9.69 Å². The minimum absolute atomic E-state index is 0.0491. The molecule has 1 saturated carbocycles. The highest BCUT2D eigenvalue weighted by Crippen LogP contribution is 2.39. The molecule has 9 heteroatoms. The number of allylic oxidation sites excluding steroid dienone is 1. The molecule has 7 nitrogen and oxygen atoms in total. The van der Waals surface area contributed by atoms with E-state index < -0.39 is 12.3 Å². The first-order valence-electron chi connectivity index (χ1n) is 11.1. The van der Waals surface area contributed by atoms with Crippen molar-refractivity contribution >= 4 is 18.4 Å². The molecule has 1 aromatic carbocycles. The van der Waals surface area contributed by atoms with Crippen LogP contribution >= 0.6 is 12.6 Å². The first-order valence-corrected chi connectivity index (χ1v) is 11.6. The largest absolute Gasteiger partial charge is 0.318 e. The molecular weight excluding hydrogens is 431 g/mol. The second-order valence-electron chi connectivity index (χ2n) is 8.69. The van der Waals surface area contributed by atoms with Gasteiger partial charge in [-0.1, -0.05) is 29.5 Å². The number of ketones is 1. The smallest absolute Gasteiger partial charge is 0.209 e. The van der Waals surface area contributed by atoms with Gasteiger partial charge in [-0.05, 0) is 37.8 Å². The Morgan fingerprint density at radius 1 is 1.31 bits per heavy atom. The van der Waals surface area contributed by atoms with E-state index in [0.29, 0.717) is 30.9 Å². The van der Waals surface area contributed by atoms with Crippen LogP contribution in [0, 0.1) is 11.7 Å². The van der Waals surface area contributed by atoms with Crippen molar-refractivity contribution in [3.05, 3.63) is 59.2 Å². The summed E-state index contributed by atoms with van der Waals surface area (Å²) in [5.74, 6) is -0.148. The molecule has 0 radical (unpaired) electrons. The van der Waals surface area contributed by atoms with E-state index in [0.717, 1.165) is 24.8 Å². The summed E-state index contributed by atoms with van der Waals surface area (Å²) in [6, 6.07) is 6.07. The van der Waals surface area contributed by atoms with E-state index in [-0.39, 0.29) is 29.1 Å². The van der Waals surface area contributed by atoms with Gasteiger partial charge in [-0.15, -0.1) is 5.10 Å². The lowest BCUT2D eigenvalue weighted by Gasteiger charge is -2.37. The minimum atomic E-state index is -0.555. The van der Waals surface area contributed by atoms with Gasteiger partial charge in [-0.2, -0.15) is 12.6 Å². The summed E-state index contributed by atoms with van der Waals surface area (Å²) in [6.45, 7) is 3.62. The van der Waals surface area contributed by atoms with Gasteiger partial charge >= 0.3 is 0 Å². The molecule has 0 N–H and O–H groups in total. The Bertz CT molecular complexity index is 1020. The summed E-state index contributed by atoms with van der Waals surface area (Å²) in [5, 5.41) is 8.35. The highest BCUT2D eigenvalue weighted by Gasteiger charge is 2.40. The molecule has 1 aliphatic carbocycles. The lowest BCUT2D eigenvalue weighted by Crippen LogP contribution is -2.42. The van der Waals surface area contributed by atoms with Gasteiger partial charge in [0.15, 0.2) is 12.1 Å². The Kier molecular flexibility index (Phi) is 6.16. The Hall–Kier alpha value is -2.07. The second-order valence-corrected chi connectivity index (χ2v) is 9.32. The predicted octanol–water partition coefficient (Wildman–Crippen LogP) is 3.46. The van der Waals surface area contributed by atoms with E-state index >= 15 is 0 Å². The maximum atomic E-state index is 14.7. The molecule has 2 aromatic rings. The summed E-state index contributed by atoms with van der Waals surface area (Å²) < 4.78 is 27.3. The normalized spacial score (nSPS) is 28.5. The van der Waals surface area contributed by atoms with Crippen LogP contribution in [0.25, 0.3) is 0 Å². The highest BCUT2D eigenvalue weighted by molar-refractivity contribution is 7.81. The number of Topliss-reactive ketones (excluding diaryl/α,β-unsaturated/α-hetero) is 1. The summed E-state index contributed by atoms with van der Waals surface area (Å²) >= 11 is 4.76. The van der Waals surface area contributed by atoms with Gasteiger partial charge in [0, 0.05) is 29.8 Å². The van der Waals surface area contributed by atoms with E-state index in [1.165, 1.54) is 6.07 Å². The van der Waals surface area contributed by atoms with Crippen molar-refractivity contribution in [2.75, 3.05) is 13.1 Å². The molecule has 0 amide bonds. The lowest BCUT2D eigenvalue weighted by atomic mass is 9.93. The molecule has 0 bridgehead atoms. The van der Waals surface area contributed by atoms with Crippen molar-refractivity contribution in [1.82, 2.24) is 19.9 Å². The van der Waals surface area contributed by atoms with Gasteiger partial charge < -0.3 is 9.47 Å². The van der Waals surface area contributed by atoms with E-state index in [2.05, 4.69) is 21.3 Å². The molecule has 170 valence electrons. The number of ether oxygens (including phenoxy) is 2. The number of benzene rings is 1. The molecule has 2 saturated heterocycles. The molecule has 32 heavy (non-hydrogen) atoms. The van der Waals surface area contributed by atoms with Gasteiger partial charge in [0.05, 0.1) is 18.8 Å². The summed E-state index contributed by atoms with van der Waals surface area (Å²) in [6.07, 6.45) is 5.81. The van der Waals surface area contributed by atoms with Crippen molar-refractivity contribution < 1.29 is 18.7 Å². The first-order chi connectivity index (χ1) is 15.5. The lowest BCUT2D eigenvalue weighted by molar-refractivity contribution is -0.384. The number of likely N-dealkylation sites (tertiary alicyclic amines) is 1. The van der Waals surface area contributed by atoms with E-state index in [4.69, 9.17) is 22.1 Å². The predicted molar refractivity (Wildman–Crippen MR) is 118 cm³/mol. The quantitative estimate of drug-likeness (QED) is 0.506. The van der Waals surface area contributed by atoms with Crippen molar-refractivity contribution in [3.63, 3.8) is 0 Å². The Labute approximate surface area is 192 Å². The zero-order valence-corrected chi connectivity index (χ0v) is 18.8. The average molecular weight is 459 g/mol. The molecule has 3 aliphatic rings. The second kappa shape index (κ2) is 9.05. The number of rotatable bonds is 7. The fraction of sp³-hybridized carbons (Fsp3) is 0.522. The molecule has 3 heterocycles. The van der Waals surface area contributed by atoms with Crippen molar-refractivity contribution in [1.29, 1.82) is 0 Å². The van der Waals surface area contributed by atoms with Crippen LogP contribution in [-0.2, 0) is 20.8 Å². The molecular formula is C23H27FN4O3S. The molecule has 5 rings (SSSR count). The number of thiol groups is 1. The monoisotopic (exact) mass is 458 g/mol. The van der Waals surface area contributed by atoms with Gasteiger partial charge in [-0.25, -0.2) is 9.07 Å². The molecule has 2 atom stereocenters. The van der Waals surface area contributed by atoms with Crippen LogP contribution in [0.5, 0.6) is 0 Å². The van der Waals surface area contributed by atoms with Gasteiger partial charge in [0.25, 0.3) is 0 Å². The first kappa shape index (κ1) is 21.8. The topological polar surface area (TPSA) is 69.5 Å². The Morgan fingerprint density at radius 3 is 2.81 bits per heavy atom. The maximum absolute atomic E-state index is 14.7. The van der Waals surface area contributed by atoms with E-state index in [9.17, 15) is 9.18 Å². The van der Waals surface area contributed by atoms with Gasteiger partial charge in [0.2, 0.25) is 6.29 Å². The standard InChI is InChI=1S/C23H27FN4O3S/c1-14-30-23(31-14)19-13-28(26-25-19)11-8-16-12-27(10-9-20(16)32)21(22(29)15-6-7-15)17-4-2-3-5-18(17)24/h2-5,8,13-15,20-21,23,32H,6-7,9-12H2,1H3/b16-8+. The summed E-state index contributed by atoms with van der Waals surface area (Å²) in [7, 11) is 0. The van der Waals surface area contributed by atoms with Crippen molar-refractivity contribution in [3.8, 4) is 0 Å². The molecule has 0 spiro atoms. The van der Waals surface area contributed by atoms with Gasteiger partial charge in [0.1, 0.15) is 11.5 Å². The van der Waals surface area contributed by atoms with Crippen LogP contribution in [0.1, 0.15) is 49.8 Å². The molecule has 1 aromatic heterocycles. The zero-order chi connectivity index (χ0) is 22.2. The number of hydrogen-bond donors (Lipinski definition) is 1. The zero-order valence-electron chi connectivity index (χ0n) is 17.9. The van der Waals surface area contributed by atoms with Crippen LogP contribution in [0.3, 0.4) is 0 Å². The number of carbonyl (C=O) groups excluding carboxylic acids is 1. The van der Waals surface area contributed by atoms with Crippen LogP contribution in [0.15, 0.2) is 42.1 Å². The average Bonchev–Trinajstić information content (AvgIpc) is 3.51. The number of nitrogens with zero attached hydrogens (tertiary/aromatic N) is 4. The third-order valence-electron chi connectivity index (χ3n) is 6.29. The molecule has 3 fully saturated rings. The third-order valence-corrected chi connectivity index (χ3v) is 6.88. The Morgan fingerprint density at radius 2 is 2.09 bits per heavy atom. The fourth-order valence-corrected chi connectivity index (χ4v) is 4.65. The van der Waals surface area contributed by atoms with Crippen LogP contribution in [-0.4, -0.2) is 50.3 Å². The van der Waals surface area contributed by atoms with E-state index in [1.54, 1.807) is 29.1 Å². The fourth-order valence-electron chi connectivity index (χ4n) is 4.35. The highest BCUT2D eigenvalue weighted by atomic mass is 32.1. The third kappa shape index (κ3) is 4.52. The molecule has 2 aliphatic heterocycles. The summed E-state index contributed by atoms with van der Waals surface area (Å²) in [5.41, 5.74) is 2.21. The summed E-state index contributed by atoms with van der Waals surface area (Å²) in [4.78, 5) is 15.3. The van der Waals surface area contributed by atoms with Crippen LogP contribution in [0.4, 0.5) is 4.39 Å². The van der Waals surface area contributed by atoms with Crippen molar-refractivity contribution in [2.45, 2.75) is 56.6 Å². The van der Waals surface area contributed by atoms with Crippen LogP contribution < -0.4 is 0 Å². The SMILES string of the molecule is CC1OC(c2cn(C/C=C3\CN(C(C(=O)C4CC4)c4ccccc4F)CCC3S)nn2)O1. The molecule has 2 unspecified atom stereocenters. The number of piperidine rings is 1.